The number of nitrogens with one attached hydrogen (secondary N) is 1. The van der Waals surface area contributed by atoms with Crippen LogP contribution in [0.15, 0.2) is 30.5 Å². The standard InChI is InChI=1S/C19H23ClN4O3/c1-12(2)17-16(11-21-24(17)15-5-3-14(20)4-6-15)22-19(27)23-9-7-13(8-10-23)18(25)26/h3-6,11-13H,7-10H2,1-2H3,(H,22,27)(H,25,26). The van der Waals surface area contributed by atoms with Crippen molar-refractivity contribution in [2.45, 2.75) is 32.6 Å². The summed E-state index contributed by atoms with van der Waals surface area (Å²) in [5, 5.41) is 17.1. The van der Waals surface area contributed by atoms with Gasteiger partial charge in [-0.3, -0.25) is 4.79 Å². The molecule has 7 nitrogen and oxygen atoms in total. The van der Waals surface area contributed by atoms with Crippen LogP contribution in [0.2, 0.25) is 5.02 Å². The van der Waals surface area contributed by atoms with Gasteiger partial charge in [-0.05, 0) is 43.0 Å². The Balaban J connectivity index is 1.76. The number of carbonyl (C=O) groups excluding carboxylic acids is 1. The Labute approximate surface area is 162 Å². The van der Waals surface area contributed by atoms with Crippen molar-refractivity contribution in [3.8, 4) is 5.69 Å². The highest BCUT2D eigenvalue weighted by Crippen LogP contribution is 2.28. The van der Waals surface area contributed by atoms with E-state index in [0.29, 0.717) is 36.6 Å². The second-order valence-electron chi connectivity index (χ2n) is 7.02. The molecule has 0 atom stereocenters. The van der Waals surface area contributed by atoms with Crippen molar-refractivity contribution in [1.29, 1.82) is 0 Å². The monoisotopic (exact) mass is 390 g/mol. The van der Waals surface area contributed by atoms with Crippen LogP contribution in [0, 0.1) is 5.92 Å². The number of likely N-dealkylation sites (tertiary alicyclic amines) is 1. The molecule has 0 saturated carbocycles. The van der Waals surface area contributed by atoms with E-state index in [9.17, 15) is 9.59 Å². The van der Waals surface area contributed by atoms with E-state index in [2.05, 4.69) is 10.4 Å². The zero-order chi connectivity index (χ0) is 19.6. The number of carboxylic acids is 1. The van der Waals surface area contributed by atoms with E-state index in [1.165, 1.54) is 0 Å². The maximum absolute atomic E-state index is 12.6. The van der Waals surface area contributed by atoms with Crippen LogP contribution in [-0.2, 0) is 4.79 Å². The molecule has 1 aliphatic rings. The number of amides is 2. The van der Waals surface area contributed by atoms with Gasteiger partial charge in [0.15, 0.2) is 0 Å². The first-order chi connectivity index (χ1) is 12.9. The van der Waals surface area contributed by atoms with Crippen molar-refractivity contribution in [3.05, 3.63) is 41.2 Å². The SMILES string of the molecule is CC(C)c1c(NC(=O)N2CCC(C(=O)O)CC2)cnn1-c1ccc(Cl)cc1. The van der Waals surface area contributed by atoms with Gasteiger partial charge in [-0.2, -0.15) is 5.10 Å². The van der Waals surface area contributed by atoms with Crippen LogP contribution in [0.25, 0.3) is 5.69 Å². The normalized spacial score (nSPS) is 15.2. The first-order valence-corrected chi connectivity index (χ1v) is 9.37. The van der Waals surface area contributed by atoms with Crippen molar-refractivity contribution in [1.82, 2.24) is 14.7 Å². The number of aromatic nitrogens is 2. The third kappa shape index (κ3) is 4.24. The summed E-state index contributed by atoms with van der Waals surface area (Å²) in [6.45, 7) is 4.95. The quantitative estimate of drug-likeness (QED) is 0.826. The number of hydrogen-bond acceptors (Lipinski definition) is 3. The number of aliphatic carboxylic acids is 1. The minimum atomic E-state index is -0.790. The molecule has 2 amide bonds. The average molecular weight is 391 g/mol. The molecular weight excluding hydrogens is 368 g/mol. The molecule has 1 fully saturated rings. The Kier molecular flexibility index (Phi) is 5.70. The van der Waals surface area contributed by atoms with Crippen molar-refractivity contribution in [3.63, 3.8) is 0 Å². The molecule has 2 aromatic rings. The molecule has 27 heavy (non-hydrogen) atoms. The van der Waals surface area contributed by atoms with Crippen LogP contribution >= 0.6 is 11.6 Å². The van der Waals surface area contributed by atoms with Crippen molar-refractivity contribution in [2.24, 2.45) is 5.92 Å². The summed E-state index contributed by atoms with van der Waals surface area (Å²) in [6, 6.07) is 7.13. The molecule has 0 radical (unpaired) electrons. The first kappa shape index (κ1) is 19.2. The summed E-state index contributed by atoms with van der Waals surface area (Å²) in [4.78, 5) is 25.3. The number of carboxylic acid groups (broad SMARTS) is 1. The Morgan fingerprint density at radius 1 is 1.22 bits per heavy atom. The van der Waals surface area contributed by atoms with E-state index in [1.807, 2.05) is 26.0 Å². The summed E-state index contributed by atoms with van der Waals surface area (Å²) in [7, 11) is 0. The number of rotatable bonds is 4. The predicted octanol–water partition coefficient (Wildman–Crippen LogP) is 3.98. The molecule has 144 valence electrons. The van der Waals surface area contributed by atoms with E-state index in [1.54, 1.807) is 27.9 Å². The maximum atomic E-state index is 12.6. The molecule has 1 aliphatic heterocycles. The Bertz CT molecular complexity index is 824. The highest BCUT2D eigenvalue weighted by Gasteiger charge is 2.28. The van der Waals surface area contributed by atoms with Gasteiger partial charge >= 0.3 is 12.0 Å². The molecule has 8 heteroatoms. The zero-order valence-electron chi connectivity index (χ0n) is 15.4. The second kappa shape index (κ2) is 8.00. The number of carbonyl (C=O) groups is 2. The van der Waals surface area contributed by atoms with Gasteiger partial charge in [0.05, 0.1) is 29.2 Å². The smallest absolute Gasteiger partial charge is 0.321 e. The third-order valence-corrected chi connectivity index (χ3v) is 5.05. The molecule has 0 aliphatic carbocycles. The maximum Gasteiger partial charge on any atom is 0.321 e. The van der Waals surface area contributed by atoms with Crippen molar-refractivity contribution < 1.29 is 14.7 Å². The first-order valence-electron chi connectivity index (χ1n) is 8.99. The van der Waals surface area contributed by atoms with Gasteiger partial charge in [0, 0.05) is 18.1 Å². The topological polar surface area (TPSA) is 87.5 Å². The zero-order valence-corrected chi connectivity index (χ0v) is 16.1. The number of hydrogen-bond donors (Lipinski definition) is 2. The number of piperidine rings is 1. The highest BCUT2D eigenvalue weighted by atomic mass is 35.5. The van der Waals surface area contributed by atoms with Crippen LogP contribution in [0.3, 0.4) is 0 Å². The fourth-order valence-electron chi connectivity index (χ4n) is 3.32. The van der Waals surface area contributed by atoms with E-state index in [0.717, 1.165) is 11.4 Å². The molecule has 3 rings (SSSR count). The lowest BCUT2D eigenvalue weighted by Gasteiger charge is -2.30. The Morgan fingerprint density at radius 2 is 1.85 bits per heavy atom. The van der Waals surface area contributed by atoms with E-state index in [4.69, 9.17) is 16.7 Å². The second-order valence-corrected chi connectivity index (χ2v) is 7.45. The minimum absolute atomic E-state index is 0.135. The van der Waals surface area contributed by atoms with Crippen molar-refractivity contribution >= 4 is 29.3 Å². The summed E-state index contributed by atoms with van der Waals surface area (Å²) < 4.78 is 1.80. The molecule has 2 N–H and O–H groups in total. The van der Waals surface area contributed by atoms with Crippen LogP contribution in [0.5, 0.6) is 0 Å². The molecule has 1 aromatic heterocycles. The third-order valence-electron chi connectivity index (χ3n) is 4.80. The molecular formula is C19H23ClN4O3. The lowest BCUT2D eigenvalue weighted by atomic mass is 9.97. The summed E-state index contributed by atoms with van der Waals surface area (Å²) >= 11 is 5.96. The number of anilines is 1. The summed E-state index contributed by atoms with van der Waals surface area (Å²) in [6.07, 6.45) is 2.60. The summed E-state index contributed by atoms with van der Waals surface area (Å²) in [5.74, 6) is -1.02. The largest absolute Gasteiger partial charge is 0.481 e. The molecule has 1 aromatic carbocycles. The van der Waals surface area contributed by atoms with Crippen LogP contribution in [0.4, 0.5) is 10.5 Å². The molecule has 0 bridgehead atoms. The molecule has 2 heterocycles. The van der Waals surface area contributed by atoms with Gasteiger partial charge in [0.2, 0.25) is 0 Å². The fraction of sp³-hybridized carbons (Fsp3) is 0.421. The Hall–Kier alpha value is -2.54. The average Bonchev–Trinajstić information content (AvgIpc) is 3.06. The Morgan fingerprint density at radius 3 is 2.41 bits per heavy atom. The van der Waals surface area contributed by atoms with Gasteiger partial charge in [-0.25, -0.2) is 9.48 Å². The number of benzene rings is 1. The van der Waals surface area contributed by atoms with E-state index < -0.39 is 5.97 Å². The number of halogens is 1. The van der Waals surface area contributed by atoms with Crippen molar-refractivity contribution in [2.75, 3.05) is 18.4 Å². The van der Waals surface area contributed by atoms with Crippen LogP contribution in [-0.4, -0.2) is 44.9 Å². The van der Waals surface area contributed by atoms with Gasteiger partial charge in [0.1, 0.15) is 0 Å². The van der Waals surface area contributed by atoms with Crippen LogP contribution in [0.1, 0.15) is 38.3 Å². The number of urea groups is 1. The summed E-state index contributed by atoms with van der Waals surface area (Å²) in [5.41, 5.74) is 2.42. The molecule has 1 saturated heterocycles. The fourth-order valence-corrected chi connectivity index (χ4v) is 3.45. The minimum Gasteiger partial charge on any atom is -0.481 e. The van der Waals surface area contributed by atoms with Gasteiger partial charge < -0.3 is 15.3 Å². The van der Waals surface area contributed by atoms with Gasteiger partial charge in [0.25, 0.3) is 0 Å². The molecule has 0 spiro atoms. The lowest BCUT2D eigenvalue weighted by Crippen LogP contribution is -2.42. The highest BCUT2D eigenvalue weighted by molar-refractivity contribution is 6.30. The molecule has 0 unspecified atom stereocenters. The van der Waals surface area contributed by atoms with E-state index >= 15 is 0 Å². The number of nitrogens with zero attached hydrogens (tertiary/aromatic N) is 3. The van der Waals surface area contributed by atoms with Crippen LogP contribution < -0.4 is 5.32 Å². The van der Waals surface area contributed by atoms with Gasteiger partial charge in [-0.1, -0.05) is 25.4 Å². The lowest BCUT2D eigenvalue weighted by molar-refractivity contribution is -0.143. The van der Waals surface area contributed by atoms with Gasteiger partial charge in [-0.15, -0.1) is 0 Å². The van der Waals surface area contributed by atoms with E-state index in [-0.39, 0.29) is 17.9 Å². The predicted molar refractivity (Wildman–Crippen MR) is 104 cm³/mol.